The zero-order valence-electron chi connectivity index (χ0n) is 15.0. The molecule has 2 atom stereocenters. The Bertz CT molecular complexity index is 770. The minimum absolute atomic E-state index is 0.231. The van der Waals surface area contributed by atoms with Gasteiger partial charge in [0.05, 0.1) is 0 Å². The topological polar surface area (TPSA) is 62.9 Å². The Morgan fingerprint density at radius 2 is 2.20 bits per heavy atom. The van der Waals surface area contributed by atoms with Crippen molar-refractivity contribution in [3.63, 3.8) is 0 Å². The molecule has 1 N–H and O–H groups in total. The summed E-state index contributed by atoms with van der Waals surface area (Å²) >= 11 is 0. The predicted molar refractivity (Wildman–Crippen MR) is 98.2 cm³/mol. The molecular weight excluding hydrogens is 318 g/mol. The standard InChI is InChI=1S/C20H27NO4/c1-3-15-6-4-5-9-21(15)12-16(22)13-24-17-7-8-18-14(2)10-20(23)25-19(18)11-17/h7-8,10-11,15-16,22H,3-6,9,12-13H2,1-2H3/t15-,16-/m1/s1. The molecule has 1 saturated heterocycles. The number of aliphatic hydroxyl groups is 1. The normalized spacial score (nSPS) is 19.9. The molecule has 1 aliphatic heterocycles. The molecule has 0 amide bonds. The summed E-state index contributed by atoms with van der Waals surface area (Å²) in [5.74, 6) is 0.603. The van der Waals surface area contributed by atoms with E-state index in [0.717, 1.165) is 23.9 Å². The second-order valence-corrected chi connectivity index (χ2v) is 6.92. The molecule has 0 saturated carbocycles. The summed E-state index contributed by atoms with van der Waals surface area (Å²) in [5.41, 5.74) is 1.03. The van der Waals surface area contributed by atoms with Gasteiger partial charge in [-0.3, -0.25) is 4.90 Å². The Morgan fingerprint density at radius 3 is 3.00 bits per heavy atom. The maximum atomic E-state index is 11.5. The molecule has 1 aromatic heterocycles. The van der Waals surface area contributed by atoms with E-state index in [9.17, 15) is 9.90 Å². The van der Waals surface area contributed by atoms with Gasteiger partial charge in [-0.15, -0.1) is 0 Å². The Morgan fingerprint density at radius 1 is 1.36 bits per heavy atom. The largest absolute Gasteiger partial charge is 0.491 e. The molecule has 1 fully saturated rings. The van der Waals surface area contributed by atoms with Gasteiger partial charge < -0.3 is 14.3 Å². The Labute approximate surface area is 148 Å². The van der Waals surface area contributed by atoms with Gasteiger partial charge in [-0.2, -0.15) is 0 Å². The maximum Gasteiger partial charge on any atom is 0.336 e. The molecule has 0 radical (unpaired) electrons. The van der Waals surface area contributed by atoms with E-state index < -0.39 is 6.10 Å². The van der Waals surface area contributed by atoms with Crippen LogP contribution in [-0.4, -0.2) is 41.8 Å². The molecule has 136 valence electrons. The van der Waals surface area contributed by atoms with Crippen molar-refractivity contribution in [2.75, 3.05) is 19.7 Å². The summed E-state index contributed by atoms with van der Waals surface area (Å²) < 4.78 is 11.0. The minimum Gasteiger partial charge on any atom is -0.491 e. The van der Waals surface area contributed by atoms with E-state index in [4.69, 9.17) is 9.15 Å². The number of nitrogens with zero attached hydrogens (tertiary/aromatic N) is 1. The van der Waals surface area contributed by atoms with Gasteiger partial charge in [-0.1, -0.05) is 13.3 Å². The number of aryl methyl sites for hydroxylation is 1. The van der Waals surface area contributed by atoms with Gasteiger partial charge in [-0.25, -0.2) is 4.79 Å². The number of likely N-dealkylation sites (tertiary alicyclic amines) is 1. The molecule has 0 bridgehead atoms. The lowest BCUT2D eigenvalue weighted by Crippen LogP contribution is -2.44. The van der Waals surface area contributed by atoms with Gasteiger partial charge in [-0.05, 0) is 50.4 Å². The van der Waals surface area contributed by atoms with Crippen molar-refractivity contribution in [2.45, 2.75) is 51.7 Å². The van der Waals surface area contributed by atoms with Crippen LogP contribution in [0.2, 0.25) is 0 Å². The molecule has 3 rings (SSSR count). The van der Waals surface area contributed by atoms with Crippen molar-refractivity contribution in [1.29, 1.82) is 0 Å². The molecule has 0 spiro atoms. The molecule has 2 heterocycles. The van der Waals surface area contributed by atoms with Crippen LogP contribution in [0.25, 0.3) is 11.0 Å². The number of fused-ring (bicyclic) bond motifs is 1. The van der Waals surface area contributed by atoms with Crippen molar-refractivity contribution >= 4 is 11.0 Å². The Hall–Kier alpha value is -1.85. The number of hydrogen-bond donors (Lipinski definition) is 1. The van der Waals surface area contributed by atoms with E-state index in [1.54, 1.807) is 6.07 Å². The zero-order chi connectivity index (χ0) is 17.8. The highest BCUT2D eigenvalue weighted by atomic mass is 16.5. The maximum absolute atomic E-state index is 11.5. The second-order valence-electron chi connectivity index (χ2n) is 6.92. The monoisotopic (exact) mass is 345 g/mol. The van der Waals surface area contributed by atoms with Gasteiger partial charge >= 0.3 is 5.63 Å². The molecule has 5 nitrogen and oxygen atoms in total. The van der Waals surface area contributed by atoms with Crippen LogP contribution >= 0.6 is 0 Å². The van der Waals surface area contributed by atoms with Crippen LogP contribution < -0.4 is 10.4 Å². The Kier molecular flexibility index (Phi) is 5.76. The number of β-amino-alcohol motifs (C(OH)–C–C–N with tert-alkyl or cyclic N) is 1. The molecule has 25 heavy (non-hydrogen) atoms. The van der Waals surface area contributed by atoms with Crippen LogP contribution in [0.1, 0.15) is 38.2 Å². The highest BCUT2D eigenvalue weighted by Crippen LogP contribution is 2.23. The third-order valence-corrected chi connectivity index (χ3v) is 5.03. The summed E-state index contributed by atoms with van der Waals surface area (Å²) in [4.78, 5) is 13.9. The summed E-state index contributed by atoms with van der Waals surface area (Å²) in [7, 11) is 0. The fraction of sp³-hybridized carbons (Fsp3) is 0.550. The lowest BCUT2D eigenvalue weighted by molar-refractivity contribution is 0.0388. The van der Waals surface area contributed by atoms with E-state index in [2.05, 4.69) is 11.8 Å². The number of hydrogen-bond acceptors (Lipinski definition) is 5. The molecule has 0 unspecified atom stereocenters. The third-order valence-electron chi connectivity index (χ3n) is 5.03. The van der Waals surface area contributed by atoms with Crippen molar-refractivity contribution in [3.05, 3.63) is 40.2 Å². The van der Waals surface area contributed by atoms with E-state index in [0.29, 0.717) is 23.9 Å². The summed E-state index contributed by atoms with van der Waals surface area (Å²) in [6.07, 6.45) is 4.28. The number of ether oxygens (including phenoxy) is 1. The average molecular weight is 345 g/mol. The fourth-order valence-corrected chi connectivity index (χ4v) is 3.67. The van der Waals surface area contributed by atoms with Gasteiger partial charge in [0.15, 0.2) is 0 Å². The van der Waals surface area contributed by atoms with Crippen LogP contribution in [0.15, 0.2) is 33.5 Å². The second kappa shape index (κ2) is 8.02. The lowest BCUT2D eigenvalue weighted by atomic mass is 10.00. The van der Waals surface area contributed by atoms with Crippen molar-refractivity contribution in [3.8, 4) is 5.75 Å². The van der Waals surface area contributed by atoms with Crippen molar-refractivity contribution in [1.82, 2.24) is 4.90 Å². The first-order valence-corrected chi connectivity index (χ1v) is 9.16. The first kappa shape index (κ1) is 18.0. The highest BCUT2D eigenvalue weighted by Gasteiger charge is 2.23. The quantitative estimate of drug-likeness (QED) is 0.815. The van der Waals surface area contributed by atoms with E-state index in [1.807, 2.05) is 19.1 Å². The average Bonchev–Trinajstić information content (AvgIpc) is 2.60. The summed E-state index contributed by atoms with van der Waals surface area (Å²) in [6.45, 7) is 6.01. The van der Waals surface area contributed by atoms with Gasteiger partial charge in [0.25, 0.3) is 0 Å². The van der Waals surface area contributed by atoms with Crippen LogP contribution in [0.3, 0.4) is 0 Å². The lowest BCUT2D eigenvalue weighted by Gasteiger charge is -2.36. The van der Waals surface area contributed by atoms with Crippen molar-refractivity contribution < 1.29 is 14.3 Å². The fourth-order valence-electron chi connectivity index (χ4n) is 3.67. The first-order chi connectivity index (χ1) is 12.1. The van der Waals surface area contributed by atoms with E-state index in [1.165, 1.54) is 25.3 Å². The van der Waals surface area contributed by atoms with E-state index >= 15 is 0 Å². The van der Waals surface area contributed by atoms with Crippen LogP contribution in [-0.2, 0) is 0 Å². The highest BCUT2D eigenvalue weighted by molar-refractivity contribution is 5.81. The molecule has 1 aromatic carbocycles. The molecular formula is C20H27NO4. The molecule has 2 aromatic rings. The van der Waals surface area contributed by atoms with Gasteiger partial charge in [0.2, 0.25) is 0 Å². The number of aliphatic hydroxyl groups excluding tert-OH is 1. The molecule has 0 aliphatic carbocycles. The SMILES string of the molecule is CC[C@@H]1CCCCN1C[C@@H](O)COc1ccc2c(C)cc(=O)oc2c1. The van der Waals surface area contributed by atoms with Crippen LogP contribution in [0.4, 0.5) is 0 Å². The van der Waals surface area contributed by atoms with Gasteiger partial charge in [0, 0.05) is 30.1 Å². The molecule has 1 aliphatic rings. The van der Waals surface area contributed by atoms with Crippen LogP contribution in [0, 0.1) is 6.92 Å². The first-order valence-electron chi connectivity index (χ1n) is 9.16. The number of rotatable bonds is 6. The van der Waals surface area contributed by atoms with Gasteiger partial charge in [0.1, 0.15) is 24.0 Å². The Balaban J connectivity index is 1.61. The summed E-state index contributed by atoms with van der Waals surface area (Å²) in [6, 6.07) is 7.49. The van der Waals surface area contributed by atoms with E-state index in [-0.39, 0.29) is 12.2 Å². The number of piperidine rings is 1. The van der Waals surface area contributed by atoms with Crippen LogP contribution in [0.5, 0.6) is 5.75 Å². The predicted octanol–water partition coefficient (Wildman–Crippen LogP) is 3.11. The third kappa shape index (κ3) is 4.41. The summed E-state index contributed by atoms with van der Waals surface area (Å²) in [5, 5.41) is 11.2. The smallest absolute Gasteiger partial charge is 0.336 e. The minimum atomic E-state index is -0.535. The molecule has 5 heteroatoms. The van der Waals surface area contributed by atoms with Crippen molar-refractivity contribution in [2.24, 2.45) is 0 Å². The zero-order valence-corrected chi connectivity index (χ0v) is 15.0. The number of benzene rings is 1.